The molecule has 0 saturated carbocycles. The van der Waals surface area contributed by atoms with Crippen molar-refractivity contribution in [2.75, 3.05) is 5.32 Å². The Hall–Kier alpha value is -2.50. The molecule has 0 radical (unpaired) electrons. The van der Waals surface area contributed by atoms with Crippen LogP contribution in [0.1, 0.15) is 5.56 Å². The number of aromatic nitrogens is 2. The quantitative estimate of drug-likeness (QED) is 0.646. The lowest BCUT2D eigenvalue weighted by atomic mass is 10.3. The van der Waals surface area contributed by atoms with Gasteiger partial charge in [-0.1, -0.05) is 6.07 Å². The van der Waals surface area contributed by atoms with Gasteiger partial charge in [-0.25, -0.2) is 9.97 Å². The molecule has 0 aromatic carbocycles. The van der Waals surface area contributed by atoms with Gasteiger partial charge in [-0.2, -0.15) is 0 Å². The molecule has 2 heterocycles. The monoisotopic (exact) mass is 230 g/mol. The molecule has 86 valence electrons. The summed E-state index contributed by atoms with van der Waals surface area (Å²) >= 11 is 0. The minimum atomic E-state index is -0.485. The SMILES string of the molecule is Cc1ccc(Nc2ccc([N+](=O)[O-])cn2)nc1. The highest BCUT2D eigenvalue weighted by molar-refractivity contribution is 5.52. The second-order valence-corrected chi connectivity index (χ2v) is 3.50. The van der Waals surface area contributed by atoms with Gasteiger partial charge in [0.1, 0.15) is 17.8 Å². The summed E-state index contributed by atoms with van der Waals surface area (Å²) in [4.78, 5) is 18.0. The summed E-state index contributed by atoms with van der Waals surface area (Å²) in [6, 6.07) is 6.67. The summed E-state index contributed by atoms with van der Waals surface area (Å²) in [5, 5.41) is 13.4. The van der Waals surface area contributed by atoms with Crippen molar-refractivity contribution in [3.63, 3.8) is 0 Å². The van der Waals surface area contributed by atoms with Gasteiger partial charge in [-0.3, -0.25) is 10.1 Å². The van der Waals surface area contributed by atoms with Crippen LogP contribution in [-0.2, 0) is 0 Å². The van der Waals surface area contributed by atoms with Crippen LogP contribution >= 0.6 is 0 Å². The molecule has 0 spiro atoms. The number of anilines is 2. The van der Waals surface area contributed by atoms with Crippen molar-refractivity contribution in [1.29, 1.82) is 0 Å². The van der Waals surface area contributed by atoms with Crippen molar-refractivity contribution in [3.05, 3.63) is 52.3 Å². The summed E-state index contributed by atoms with van der Waals surface area (Å²) in [6.07, 6.45) is 2.93. The first-order valence-electron chi connectivity index (χ1n) is 4.95. The van der Waals surface area contributed by atoms with E-state index in [1.54, 1.807) is 12.3 Å². The molecule has 6 heteroatoms. The molecule has 2 aromatic heterocycles. The molecule has 0 atom stereocenters. The lowest BCUT2D eigenvalue weighted by Gasteiger charge is -2.03. The molecule has 17 heavy (non-hydrogen) atoms. The van der Waals surface area contributed by atoms with Crippen LogP contribution in [0.4, 0.5) is 17.3 Å². The molecule has 2 rings (SSSR count). The summed E-state index contributed by atoms with van der Waals surface area (Å²) < 4.78 is 0. The number of rotatable bonds is 3. The number of hydrogen-bond acceptors (Lipinski definition) is 5. The minimum absolute atomic E-state index is 0.0348. The zero-order valence-corrected chi connectivity index (χ0v) is 9.12. The maximum absolute atomic E-state index is 10.4. The van der Waals surface area contributed by atoms with Crippen molar-refractivity contribution in [2.45, 2.75) is 6.92 Å². The smallest absolute Gasteiger partial charge is 0.287 e. The van der Waals surface area contributed by atoms with Gasteiger partial charge < -0.3 is 5.32 Å². The molecule has 0 unspecified atom stereocenters. The van der Waals surface area contributed by atoms with Crippen molar-refractivity contribution < 1.29 is 4.92 Å². The highest BCUT2D eigenvalue weighted by Crippen LogP contribution is 2.15. The summed E-state index contributed by atoms with van der Waals surface area (Å²) in [5.41, 5.74) is 1.03. The Kier molecular flexibility index (Phi) is 2.95. The maximum Gasteiger partial charge on any atom is 0.287 e. The maximum atomic E-state index is 10.4. The van der Waals surface area contributed by atoms with Gasteiger partial charge in [-0.15, -0.1) is 0 Å². The van der Waals surface area contributed by atoms with Gasteiger partial charge in [0.05, 0.1) is 4.92 Å². The zero-order chi connectivity index (χ0) is 12.3. The van der Waals surface area contributed by atoms with Crippen molar-refractivity contribution in [2.24, 2.45) is 0 Å². The first-order chi connectivity index (χ1) is 8.15. The van der Waals surface area contributed by atoms with Crippen LogP contribution in [0, 0.1) is 17.0 Å². The van der Waals surface area contributed by atoms with Crippen LogP contribution in [0.3, 0.4) is 0 Å². The fourth-order valence-corrected chi connectivity index (χ4v) is 1.24. The first kappa shape index (κ1) is 11.0. The van der Waals surface area contributed by atoms with Gasteiger partial charge >= 0.3 is 0 Å². The van der Waals surface area contributed by atoms with Crippen LogP contribution in [0.2, 0.25) is 0 Å². The first-order valence-corrected chi connectivity index (χ1v) is 4.95. The normalized spacial score (nSPS) is 9.94. The van der Waals surface area contributed by atoms with Crippen molar-refractivity contribution >= 4 is 17.3 Å². The lowest BCUT2D eigenvalue weighted by molar-refractivity contribution is -0.385. The number of nitrogens with one attached hydrogen (secondary N) is 1. The largest absolute Gasteiger partial charge is 0.325 e. The van der Waals surface area contributed by atoms with E-state index in [0.29, 0.717) is 11.6 Å². The molecule has 0 aliphatic heterocycles. The zero-order valence-electron chi connectivity index (χ0n) is 9.12. The second kappa shape index (κ2) is 4.56. The van der Waals surface area contributed by atoms with E-state index in [-0.39, 0.29) is 5.69 Å². The van der Waals surface area contributed by atoms with Crippen molar-refractivity contribution in [3.8, 4) is 0 Å². The third kappa shape index (κ3) is 2.75. The third-order valence-corrected chi connectivity index (χ3v) is 2.13. The molecule has 6 nitrogen and oxygen atoms in total. The van der Waals surface area contributed by atoms with E-state index in [1.807, 2.05) is 19.1 Å². The van der Waals surface area contributed by atoms with Crippen molar-refractivity contribution in [1.82, 2.24) is 9.97 Å². The van der Waals surface area contributed by atoms with E-state index in [4.69, 9.17) is 0 Å². The summed E-state index contributed by atoms with van der Waals surface area (Å²) in [6.45, 7) is 1.95. The Morgan fingerprint density at radius 3 is 2.24 bits per heavy atom. The molecule has 0 saturated heterocycles. The van der Waals surface area contributed by atoms with E-state index in [9.17, 15) is 10.1 Å². The summed E-state index contributed by atoms with van der Waals surface area (Å²) in [7, 11) is 0. The molecule has 0 bridgehead atoms. The fourth-order valence-electron chi connectivity index (χ4n) is 1.24. The molecule has 0 aliphatic rings. The second-order valence-electron chi connectivity index (χ2n) is 3.50. The lowest BCUT2D eigenvalue weighted by Crippen LogP contribution is -1.96. The third-order valence-electron chi connectivity index (χ3n) is 2.13. The molecule has 0 aliphatic carbocycles. The van der Waals surface area contributed by atoms with Gasteiger partial charge in [0.25, 0.3) is 5.69 Å². The fraction of sp³-hybridized carbons (Fsp3) is 0.0909. The van der Waals surface area contributed by atoms with Crippen LogP contribution in [0.5, 0.6) is 0 Å². The molecule has 0 amide bonds. The Morgan fingerprint density at radius 1 is 1.12 bits per heavy atom. The Labute approximate surface area is 97.5 Å². The van der Waals surface area contributed by atoms with Gasteiger partial charge in [-0.05, 0) is 24.6 Å². The van der Waals surface area contributed by atoms with E-state index >= 15 is 0 Å². The number of pyridine rings is 2. The molecular weight excluding hydrogens is 220 g/mol. The van der Waals surface area contributed by atoms with E-state index in [2.05, 4.69) is 15.3 Å². The van der Waals surface area contributed by atoms with E-state index in [0.717, 1.165) is 5.56 Å². The highest BCUT2D eigenvalue weighted by Gasteiger charge is 2.05. The Bertz CT molecular complexity index is 522. The van der Waals surface area contributed by atoms with Crippen LogP contribution in [-0.4, -0.2) is 14.9 Å². The van der Waals surface area contributed by atoms with Gasteiger partial charge in [0.15, 0.2) is 0 Å². The average molecular weight is 230 g/mol. The number of nitro groups is 1. The topological polar surface area (TPSA) is 81.0 Å². The Morgan fingerprint density at radius 2 is 1.76 bits per heavy atom. The Balaban J connectivity index is 2.13. The van der Waals surface area contributed by atoms with Crippen LogP contribution < -0.4 is 5.32 Å². The average Bonchev–Trinajstić information content (AvgIpc) is 2.33. The number of aryl methyl sites for hydroxylation is 1. The highest BCUT2D eigenvalue weighted by atomic mass is 16.6. The van der Waals surface area contributed by atoms with Crippen LogP contribution in [0.15, 0.2) is 36.7 Å². The molecule has 1 N–H and O–H groups in total. The summed E-state index contributed by atoms with van der Waals surface area (Å²) in [5.74, 6) is 1.17. The van der Waals surface area contributed by atoms with Gasteiger partial charge in [0, 0.05) is 12.3 Å². The minimum Gasteiger partial charge on any atom is -0.325 e. The van der Waals surface area contributed by atoms with E-state index in [1.165, 1.54) is 12.3 Å². The molecule has 2 aromatic rings. The number of nitrogens with zero attached hydrogens (tertiary/aromatic N) is 3. The number of hydrogen-bond donors (Lipinski definition) is 1. The standard InChI is InChI=1S/C11H10N4O2/c1-8-2-4-10(12-6-8)14-11-5-3-9(7-13-11)15(16)17/h2-7H,1H3,(H,12,13,14). The predicted octanol–water partition coefficient (Wildman–Crippen LogP) is 2.44. The molecular formula is C11H10N4O2. The van der Waals surface area contributed by atoms with Crippen LogP contribution in [0.25, 0.3) is 0 Å². The van der Waals surface area contributed by atoms with Gasteiger partial charge in [0.2, 0.25) is 0 Å². The molecule has 0 fully saturated rings. The van der Waals surface area contributed by atoms with E-state index < -0.39 is 4.92 Å². The predicted molar refractivity (Wildman–Crippen MR) is 63.1 cm³/mol.